The molecular weight excluding hydrogens is 569 g/mol. The van der Waals surface area contributed by atoms with Crippen LogP contribution >= 0.6 is 34.8 Å². The number of hydrogen-bond donors (Lipinski definition) is 1. The summed E-state index contributed by atoms with van der Waals surface area (Å²) in [6, 6.07) is 15.1. The van der Waals surface area contributed by atoms with Crippen LogP contribution in [0.3, 0.4) is 0 Å². The van der Waals surface area contributed by atoms with Crippen LogP contribution in [0.25, 0.3) is 0 Å². The summed E-state index contributed by atoms with van der Waals surface area (Å²) in [6.45, 7) is 4.36. The van der Waals surface area contributed by atoms with E-state index in [-0.39, 0.29) is 17.1 Å². The first-order valence-corrected chi connectivity index (χ1v) is 14.2. The summed E-state index contributed by atoms with van der Waals surface area (Å²) < 4.78 is 28.8. The number of sulfonamides is 1. The van der Waals surface area contributed by atoms with E-state index in [1.807, 2.05) is 6.92 Å². The van der Waals surface area contributed by atoms with Gasteiger partial charge in [0, 0.05) is 34.2 Å². The van der Waals surface area contributed by atoms with Crippen molar-refractivity contribution in [2.24, 2.45) is 0 Å². The number of anilines is 1. The molecule has 3 aromatic rings. The van der Waals surface area contributed by atoms with Crippen molar-refractivity contribution in [2.75, 3.05) is 17.9 Å². The zero-order valence-electron chi connectivity index (χ0n) is 21.3. The van der Waals surface area contributed by atoms with E-state index >= 15 is 0 Å². The Morgan fingerprint density at radius 1 is 0.895 bits per heavy atom. The van der Waals surface area contributed by atoms with Crippen LogP contribution in [0.1, 0.15) is 23.6 Å². The zero-order chi connectivity index (χ0) is 28.2. The highest BCUT2D eigenvalue weighted by Crippen LogP contribution is 2.32. The third-order valence-corrected chi connectivity index (χ3v) is 9.09. The number of likely N-dealkylation sites (N-methyl/N-ethyl adjacent to an activating group) is 1. The maximum Gasteiger partial charge on any atom is 0.264 e. The largest absolute Gasteiger partial charge is 0.357 e. The fourth-order valence-corrected chi connectivity index (χ4v) is 6.02. The van der Waals surface area contributed by atoms with Crippen molar-refractivity contribution < 1.29 is 18.0 Å². The van der Waals surface area contributed by atoms with E-state index < -0.39 is 34.4 Å². The van der Waals surface area contributed by atoms with E-state index in [0.29, 0.717) is 26.2 Å². The summed E-state index contributed by atoms with van der Waals surface area (Å²) >= 11 is 19.0. The second kappa shape index (κ2) is 12.4. The van der Waals surface area contributed by atoms with Gasteiger partial charge in [0.25, 0.3) is 10.0 Å². The highest BCUT2D eigenvalue weighted by atomic mass is 35.5. The molecule has 202 valence electrons. The van der Waals surface area contributed by atoms with Gasteiger partial charge in [0.1, 0.15) is 12.6 Å². The van der Waals surface area contributed by atoms with Gasteiger partial charge in [-0.15, -0.1) is 0 Å². The van der Waals surface area contributed by atoms with Gasteiger partial charge in [0.2, 0.25) is 11.8 Å². The Morgan fingerprint density at radius 2 is 1.45 bits per heavy atom. The molecule has 0 aliphatic heterocycles. The highest BCUT2D eigenvalue weighted by molar-refractivity contribution is 7.92. The molecule has 0 aliphatic rings. The van der Waals surface area contributed by atoms with Crippen LogP contribution < -0.4 is 9.62 Å². The molecule has 0 aromatic heterocycles. The van der Waals surface area contributed by atoms with E-state index in [1.165, 1.54) is 24.1 Å². The van der Waals surface area contributed by atoms with Crippen molar-refractivity contribution in [1.82, 2.24) is 10.2 Å². The second-order valence-electron chi connectivity index (χ2n) is 8.72. The Hall–Kier alpha value is -2.78. The number of carbonyl (C=O) groups excluding carboxylic acids is 2. The Balaban J connectivity index is 2.11. The van der Waals surface area contributed by atoms with E-state index in [1.54, 1.807) is 62.4 Å². The minimum atomic E-state index is -4.20. The normalized spacial score (nSPS) is 12.1. The van der Waals surface area contributed by atoms with Crippen LogP contribution in [0.4, 0.5) is 5.69 Å². The number of halogens is 3. The summed E-state index contributed by atoms with van der Waals surface area (Å²) in [6.07, 6.45) is 0. The van der Waals surface area contributed by atoms with Gasteiger partial charge in [-0.1, -0.05) is 64.6 Å². The molecule has 1 N–H and O–H groups in total. The highest BCUT2D eigenvalue weighted by Gasteiger charge is 2.33. The van der Waals surface area contributed by atoms with Gasteiger partial charge in [-0.05, 0) is 62.7 Å². The molecule has 0 saturated carbocycles. The molecule has 0 aliphatic carbocycles. The number of benzene rings is 3. The molecule has 0 fully saturated rings. The minimum Gasteiger partial charge on any atom is -0.357 e. The summed E-state index contributed by atoms with van der Waals surface area (Å²) in [5.41, 5.74) is 2.05. The third-order valence-electron chi connectivity index (χ3n) is 6.20. The maximum atomic E-state index is 13.9. The van der Waals surface area contributed by atoms with Crippen molar-refractivity contribution in [3.63, 3.8) is 0 Å². The molecule has 7 nitrogen and oxygen atoms in total. The fourth-order valence-electron chi connectivity index (χ4n) is 3.86. The molecule has 0 spiro atoms. The first-order chi connectivity index (χ1) is 17.9. The van der Waals surface area contributed by atoms with Crippen LogP contribution in [-0.4, -0.2) is 44.8 Å². The van der Waals surface area contributed by atoms with Gasteiger partial charge < -0.3 is 10.2 Å². The number of rotatable bonds is 9. The average Bonchev–Trinajstić information content (AvgIpc) is 2.88. The van der Waals surface area contributed by atoms with Crippen LogP contribution in [0, 0.1) is 13.8 Å². The van der Waals surface area contributed by atoms with Gasteiger partial charge >= 0.3 is 0 Å². The molecule has 2 amide bonds. The molecule has 3 rings (SSSR count). The predicted octanol–water partition coefficient (Wildman–Crippen LogP) is 5.62. The van der Waals surface area contributed by atoms with Crippen molar-refractivity contribution in [1.29, 1.82) is 0 Å². The number of nitrogens with zero attached hydrogens (tertiary/aromatic N) is 2. The van der Waals surface area contributed by atoms with Gasteiger partial charge in [-0.2, -0.15) is 0 Å². The molecule has 1 atom stereocenters. The first-order valence-electron chi connectivity index (χ1n) is 11.7. The topological polar surface area (TPSA) is 86.8 Å². The van der Waals surface area contributed by atoms with Gasteiger partial charge in [0.05, 0.1) is 10.6 Å². The van der Waals surface area contributed by atoms with Crippen molar-refractivity contribution in [3.05, 3.63) is 92.4 Å². The lowest BCUT2D eigenvalue weighted by molar-refractivity contribution is -0.139. The summed E-state index contributed by atoms with van der Waals surface area (Å²) in [5.74, 6) is -1.07. The zero-order valence-corrected chi connectivity index (χ0v) is 24.4. The molecular formula is C27H28Cl3N3O4S. The van der Waals surface area contributed by atoms with Crippen molar-refractivity contribution in [2.45, 2.75) is 38.3 Å². The Kier molecular flexibility index (Phi) is 9.70. The number of carbonyl (C=O) groups is 2. The Labute approximate surface area is 238 Å². The van der Waals surface area contributed by atoms with E-state index in [9.17, 15) is 18.0 Å². The van der Waals surface area contributed by atoms with Gasteiger partial charge in [-0.25, -0.2) is 8.42 Å². The average molecular weight is 597 g/mol. The monoisotopic (exact) mass is 595 g/mol. The van der Waals surface area contributed by atoms with Crippen LogP contribution in [0.2, 0.25) is 15.1 Å². The summed E-state index contributed by atoms with van der Waals surface area (Å²) in [5, 5.41) is 3.50. The molecule has 0 heterocycles. The van der Waals surface area contributed by atoms with Crippen LogP contribution in [0.5, 0.6) is 0 Å². The smallest absolute Gasteiger partial charge is 0.264 e. The lowest BCUT2D eigenvalue weighted by Gasteiger charge is -2.32. The predicted molar refractivity (Wildman–Crippen MR) is 152 cm³/mol. The van der Waals surface area contributed by atoms with Gasteiger partial charge in [-0.3, -0.25) is 13.9 Å². The van der Waals surface area contributed by atoms with Crippen molar-refractivity contribution >= 4 is 62.3 Å². The maximum absolute atomic E-state index is 13.9. The Morgan fingerprint density at radius 3 is 2.03 bits per heavy atom. The summed E-state index contributed by atoms with van der Waals surface area (Å²) in [4.78, 5) is 27.7. The van der Waals surface area contributed by atoms with E-state index in [2.05, 4.69) is 5.32 Å². The molecule has 38 heavy (non-hydrogen) atoms. The third kappa shape index (κ3) is 6.43. The number of nitrogens with one attached hydrogen (secondary N) is 1. The first kappa shape index (κ1) is 29.8. The van der Waals surface area contributed by atoms with Gasteiger partial charge in [0.15, 0.2) is 0 Å². The van der Waals surface area contributed by atoms with Crippen LogP contribution in [0.15, 0.2) is 65.6 Å². The minimum absolute atomic E-state index is 0.00956. The summed E-state index contributed by atoms with van der Waals surface area (Å²) in [7, 11) is -2.75. The van der Waals surface area contributed by atoms with Crippen LogP contribution in [-0.2, 0) is 26.2 Å². The Bertz CT molecular complexity index is 1430. The van der Waals surface area contributed by atoms with E-state index in [4.69, 9.17) is 34.8 Å². The molecule has 0 bridgehead atoms. The molecule has 0 saturated heterocycles. The molecule has 0 radical (unpaired) electrons. The quantitative estimate of drug-likeness (QED) is 0.347. The molecule has 1 unspecified atom stereocenters. The standard InChI is InChI=1S/C27H28Cl3N3O4S/c1-17-11-13-20(14-12-17)38(36,37)33(25-10-6-7-22(28)18(25)2)16-26(34)32(19(3)27(35)31-4)15-21-23(29)8-5-9-24(21)30/h5-14,19H,15-16H2,1-4H3,(H,31,35). The molecule has 3 aromatic carbocycles. The number of hydrogen-bond acceptors (Lipinski definition) is 4. The lowest BCUT2D eigenvalue weighted by atomic mass is 10.1. The SMILES string of the molecule is CNC(=O)C(C)N(Cc1c(Cl)cccc1Cl)C(=O)CN(c1cccc(Cl)c1C)S(=O)(=O)c1ccc(C)cc1. The van der Waals surface area contributed by atoms with Crippen molar-refractivity contribution in [3.8, 4) is 0 Å². The number of aryl methyl sites for hydroxylation is 1. The van der Waals surface area contributed by atoms with E-state index in [0.717, 1.165) is 9.87 Å². The molecule has 11 heteroatoms. The fraction of sp³-hybridized carbons (Fsp3) is 0.259. The number of amides is 2. The second-order valence-corrected chi connectivity index (χ2v) is 11.8. The lowest BCUT2D eigenvalue weighted by Crippen LogP contribution is -2.50.